The number of hydrogen-bond acceptors (Lipinski definition) is 4. The molecule has 0 unspecified atom stereocenters. The van der Waals surface area contributed by atoms with Crippen LogP contribution in [0.5, 0.6) is 17.2 Å². The average molecular weight is 259 g/mol. The Bertz CT molecular complexity index is 555. The summed E-state index contributed by atoms with van der Waals surface area (Å²) in [6.07, 6.45) is 4.29. The molecule has 0 bridgehead atoms. The first kappa shape index (κ1) is 13.2. The first-order valence-corrected chi connectivity index (χ1v) is 6.20. The summed E-state index contributed by atoms with van der Waals surface area (Å²) in [5.74, 6) is 1.57. The fraction of sp³-hybridized carbons (Fsp3) is 0.267. The summed E-state index contributed by atoms with van der Waals surface area (Å²) < 4.78 is 10.7. The first-order valence-electron chi connectivity index (χ1n) is 6.20. The van der Waals surface area contributed by atoms with Gasteiger partial charge in [0.2, 0.25) is 0 Å². The van der Waals surface area contributed by atoms with Crippen LogP contribution in [0.4, 0.5) is 0 Å². The highest BCUT2D eigenvalue weighted by molar-refractivity contribution is 5.71. The second kappa shape index (κ2) is 6.09. The van der Waals surface area contributed by atoms with E-state index in [-0.39, 0.29) is 5.75 Å². The van der Waals surface area contributed by atoms with Gasteiger partial charge in [-0.05, 0) is 30.7 Å². The quantitative estimate of drug-likeness (QED) is 0.895. The molecule has 19 heavy (non-hydrogen) atoms. The van der Waals surface area contributed by atoms with Gasteiger partial charge in [0, 0.05) is 17.3 Å². The average Bonchev–Trinajstić information content (AvgIpc) is 2.46. The van der Waals surface area contributed by atoms with Gasteiger partial charge in [-0.1, -0.05) is 6.92 Å². The highest BCUT2D eigenvalue weighted by atomic mass is 16.5. The number of nitrogens with zero attached hydrogens (tertiary/aromatic N) is 1. The largest absolute Gasteiger partial charge is 0.507 e. The van der Waals surface area contributed by atoms with Gasteiger partial charge < -0.3 is 14.6 Å². The summed E-state index contributed by atoms with van der Waals surface area (Å²) in [4.78, 5) is 4.13. The lowest BCUT2D eigenvalue weighted by Crippen LogP contribution is -1.95. The Morgan fingerprint density at radius 3 is 2.74 bits per heavy atom. The van der Waals surface area contributed by atoms with Gasteiger partial charge in [-0.2, -0.15) is 0 Å². The third-order valence-corrected chi connectivity index (χ3v) is 2.70. The minimum absolute atomic E-state index is 0.190. The van der Waals surface area contributed by atoms with E-state index in [1.807, 2.05) is 13.0 Å². The zero-order chi connectivity index (χ0) is 13.7. The lowest BCUT2D eigenvalue weighted by molar-refractivity contribution is 0.316. The molecule has 0 aliphatic heterocycles. The van der Waals surface area contributed by atoms with E-state index in [0.717, 1.165) is 12.0 Å². The predicted octanol–water partition coefficient (Wildman–Crippen LogP) is 3.25. The Kier molecular flexibility index (Phi) is 4.23. The Hall–Kier alpha value is -2.23. The maximum absolute atomic E-state index is 9.93. The summed E-state index contributed by atoms with van der Waals surface area (Å²) >= 11 is 0. The first-order chi connectivity index (χ1) is 9.24. The van der Waals surface area contributed by atoms with E-state index in [1.54, 1.807) is 37.7 Å². The maximum Gasteiger partial charge on any atom is 0.138 e. The van der Waals surface area contributed by atoms with Crippen LogP contribution in [-0.2, 0) is 0 Å². The van der Waals surface area contributed by atoms with Crippen LogP contribution in [0.15, 0.2) is 36.7 Å². The van der Waals surface area contributed by atoms with Crippen molar-refractivity contribution in [3.05, 3.63) is 36.7 Å². The molecule has 0 spiro atoms. The van der Waals surface area contributed by atoms with E-state index in [2.05, 4.69) is 4.98 Å². The van der Waals surface area contributed by atoms with Crippen molar-refractivity contribution in [3.8, 4) is 28.4 Å². The van der Waals surface area contributed by atoms with Crippen LogP contribution in [0, 0.1) is 0 Å². The number of benzene rings is 1. The second-order valence-electron chi connectivity index (χ2n) is 4.14. The van der Waals surface area contributed by atoms with Crippen LogP contribution in [0.1, 0.15) is 13.3 Å². The highest BCUT2D eigenvalue weighted by Gasteiger charge is 2.07. The van der Waals surface area contributed by atoms with E-state index in [4.69, 9.17) is 9.47 Å². The van der Waals surface area contributed by atoms with Crippen molar-refractivity contribution in [1.29, 1.82) is 0 Å². The van der Waals surface area contributed by atoms with Gasteiger partial charge in [-0.3, -0.25) is 4.98 Å². The molecule has 1 N–H and O–H groups in total. The van der Waals surface area contributed by atoms with Gasteiger partial charge in [0.1, 0.15) is 17.2 Å². The monoisotopic (exact) mass is 259 g/mol. The smallest absolute Gasteiger partial charge is 0.138 e. The van der Waals surface area contributed by atoms with E-state index in [0.29, 0.717) is 23.7 Å². The molecule has 0 radical (unpaired) electrons. The van der Waals surface area contributed by atoms with Gasteiger partial charge in [0.15, 0.2) is 0 Å². The zero-order valence-electron chi connectivity index (χ0n) is 11.1. The highest BCUT2D eigenvalue weighted by Crippen LogP contribution is 2.33. The van der Waals surface area contributed by atoms with Crippen molar-refractivity contribution in [2.75, 3.05) is 13.7 Å². The molecule has 2 aromatic rings. The number of pyridine rings is 1. The summed E-state index contributed by atoms with van der Waals surface area (Å²) in [7, 11) is 1.59. The van der Waals surface area contributed by atoms with Gasteiger partial charge >= 0.3 is 0 Å². The predicted molar refractivity (Wildman–Crippen MR) is 73.7 cm³/mol. The van der Waals surface area contributed by atoms with E-state index in [1.165, 1.54) is 0 Å². The molecule has 1 aromatic carbocycles. The molecule has 0 saturated carbocycles. The number of aromatic nitrogens is 1. The minimum Gasteiger partial charge on any atom is -0.507 e. The second-order valence-corrected chi connectivity index (χ2v) is 4.14. The van der Waals surface area contributed by atoms with Crippen LogP contribution in [0.25, 0.3) is 11.1 Å². The molecule has 1 aromatic heterocycles. The zero-order valence-corrected chi connectivity index (χ0v) is 11.1. The van der Waals surface area contributed by atoms with Crippen LogP contribution < -0.4 is 9.47 Å². The third kappa shape index (κ3) is 3.16. The molecular formula is C15H17NO3. The van der Waals surface area contributed by atoms with Gasteiger partial charge in [0.05, 0.1) is 19.9 Å². The Balaban J connectivity index is 2.35. The molecule has 0 aliphatic rings. The van der Waals surface area contributed by atoms with Gasteiger partial charge in [-0.15, -0.1) is 0 Å². The molecular weight excluding hydrogens is 242 g/mol. The van der Waals surface area contributed by atoms with Crippen molar-refractivity contribution in [1.82, 2.24) is 4.98 Å². The van der Waals surface area contributed by atoms with Crippen molar-refractivity contribution in [2.24, 2.45) is 0 Å². The van der Waals surface area contributed by atoms with Crippen molar-refractivity contribution in [3.63, 3.8) is 0 Å². The summed E-state index contributed by atoms with van der Waals surface area (Å²) in [5.41, 5.74) is 1.47. The van der Waals surface area contributed by atoms with Crippen LogP contribution in [-0.4, -0.2) is 23.8 Å². The number of rotatable bonds is 5. The molecule has 0 amide bonds. The van der Waals surface area contributed by atoms with E-state index >= 15 is 0 Å². The van der Waals surface area contributed by atoms with E-state index in [9.17, 15) is 5.11 Å². The molecule has 0 atom stereocenters. The topological polar surface area (TPSA) is 51.6 Å². The summed E-state index contributed by atoms with van der Waals surface area (Å²) in [6.45, 7) is 2.69. The van der Waals surface area contributed by atoms with Crippen LogP contribution in [0.3, 0.4) is 0 Å². The van der Waals surface area contributed by atoms with Crippen molar-refractivity contribution >= 4 is 0 Å². The van der Waals surface area contributed by atoms with Crippen molar-refractivity contribution < 1.29 is 14.6 Å². The Morgan fingerprint density at radius 2 is 2.00 bits per heavy atom. The fourth-order valence-electron chi connectivity index (χ4n) is 1.74. The molecule has 0 aliphatic carbocycles. The summed E-state index contributed by atoms with van der Waals surface area (Å²) in [6, 6.07) is 6.95. The standard InChI is InChI=1S/C15H17NO3/c1-3-6-19-13-7-11(9-16-10-13)14-8-12(18-2)4-5-15(14)17/h4-5,7-10,17H,3,6H2,1-2H3. The van der Waals surface area contributed by atoms with Crippen LogP contribution >= 0.6 is 0 Å². The lowest BCUT2D eigenvalue weighted by Gasteiger charge is -2.09. The third-order valence-electron chi connectivity index (χ3n) is 2.70. The maximum atomic E-state index is 9.93. The van der Waals surface area contributed by atoms with E-state index < -0.39 is 0 Å². The molecule has 4 nitrogen and oxygen atoms in total. The molecule has 100 valence electrons. The lowest BCUT2D eigenvalue weighted by atomic mass is 10.1. The molecule has 0 saturated heterocycles. The van der Waals surface area contributed by atoms with Gasteiger partial charge in [0.25, 0.3) is 0 Å². The number of aromatic hydroxyl groups is 1. The Labute approximate surface area is 112 Å². The molecule has 2 rings (SSSR count). The van der Waals surface area contributed by atoms with Crippen molar-refractivity contribution in [2.45, 2.75) is 13.3 Å². The Morgan fingerprint density at radius 1 is 1.16 bits per heavy atom. The van der Waals surface area contributed by atoms with Gasteiger partial charge in [-0.25, -0.2) is 0 Å². The molecule has 4 heteroatoms. The molecule has 0 fully saturated rings. The minimum atomic E-state index is 0.190. The number of phenolic OH excluding ortho intramolecular Hbond substituents is 1. The molecule has 1 heterocycles. The number of phenols is 1. The summed E-state index contributed by atoms with van der Waals surface area (Å²) in [5, 5.41) is 9.93. The number of hydrogen-bond donors (Lipinski definition) is 1. The number of ether oxygens (including phenoxy) is 2. The SMILES string of the molecule is CCCOc1cncc(-c2cc(OC)ccc2O)c1. The normalized spacial score (nSPS) is 10.2. The van der Waals surface area contributed by atoms with Crippen LogP contribution in [0.2, 0.25) is 0 Å². The fourth-order valence-corrected chi connectivity index (χ4v) is 1.74. The number of methoxy groups -OCH3 is 1.